The summed E-state index contributed by atoms with van der Waals surface area (Å²) in [5, 5.41) is 7.50. The predicted molar refractivity (Wildman–Crippen MR) is 99.8 cm³/mol. The lowest BCUT2D eigenvalue weighted by Crippen LogP contribution is -2.44. The van der Waals surface area contributed by atoms with Gasteiger partial charge in [-0.3, -0.25) is 9.69 Å². The van der Waals surface area contributed by atoms with Gasteiger partial charge in [0.2, 0.25) is 0 Å². The summed E-state index contributed by atoms with van der Waals surface area (Å²) in [6.07, 6.45) is 0.951. The van der Waals surface area contributed by atoms with Gasteiger partial charge < -0.3 is 14.7 Å². The molecule has 1 saturated heterocycles. The molecule has 2 heterocycles. The average molecular weight is 357 g/mol. The number of nitrogens with zero attached hydrogens (tertiary/aromatic N) is 4. The van der Waals surface area contributed by atoms with E-state index in [0.29, 0.717) is 23.8 Å². The molecule has 1 N–H and O–H groups in total. The van der Waals surface area contributed by atoms with Crippen molar-refractivity contribution in [1.29, 1.82) is 0 Å². The molecule has 2 aromatic rings. The first-order valence-electron chi connectivity index (χ1n) is 9.28. The summed E-state index contributed by atoms with van der Waals surface area (Å²) in [5.41, 5.74) is 1.50. The minimum Gasteiger partial charge on any atom is -0.339 e. The number of aromatic nitrogens is 2. The average Bonchev–Trinajstić information content (AvgIpc) is 3.16. The van der Waals surface area contributed by atoms with Gasteiger partial charge in [-0.1, -0.05) is 12.1 Å². The van der Waals surface area contributed by atoms with Gasteiger partial charge >= 0.3 is 0 Å². The fourth-order valence-electron chi connectivity index (χ4n) is 3.19. The molecule has 0 radical (unpaired) electrons. The molecule has 1 amide bonds. The highest BCUT2D eigenvalue weighted by molar-refractivity contribution is 5.94. The maximum Gasteiger partial charge on any atom is 0.257 e. The lowest BCUT2D eigenvalue weighted by Gasteiger charge is -2.30. The third kappa shape index (κ3) is 3.94. The second-order valence-electron chi connectivity index (χ2n) is 6.62. The van der Waals surface area contributed by atoms with Crippen LogP contribution >= 0.6 is 0 Å². The van der Waals surface area contributed by atoms with Crippen molar-refractivity contribution in [1.82, 2.24) is 25.3 Å². The second-order valence-corrected chi connectivity index (χ2v) is 6.62. The summed E-state index contributed by atoms with van der Waals surface area (Å²) in [6, 6.07) is 7.51. The van der Waals surface area contributed by atoms with Gasteiger partial charge in [0.1, 0.15) is 0 Å². The standard InChI is InChI=1S/C19H27N5O2/c1-4-11-24(5-2)19(25)15-8-6-14(7-9-15)18-21-17(22-26-18)16-13-20-10-12-23(16)3/h6-9,16,20H,4-5,10-13H2,1-3H3. The minimum atomic E-state index is 0.0574. The molecule has 1 aliphatic heterocycles. The number of likely N-dealkylation sites (N-methyl/N-ethyl adjacent to an activating group) is 1. The predicted octanol–water partition coefficient (Wildman–Crippen LogP) is 2.18. The van der Waals surface area contributed by atoms with Gasteiger partial charge in [-0.05, 0) is 44.7 Å². The highest BCUT2D eigenvalue weighted by Crippen LogP contribution is 2.23. The SMILES string of the molecule is CCCN(CC)C(=O)c1ccc(-c2nc(C3CNCCN3C)no2)cc1. The number of rotatable bonds is 6. The number of amides is 1. The van der Waals surface area contributed by atoms with E-state index in [1.54, 1.807) is 0 Å². The van der Waals surface area contributed by atoms with Crippen LogP contribution < -0.4 is 5.32 Å². The van der Waals surface area contributed by atoms with Crippen molar-refractivity contribution >= 4 is 5.91 Å². The maximum atomic E-state index is 12.5. The molecule has 0 bridgehead atoms. The normalized spacial score (nSPS) is 18.0. The van der Waals surface area contributed by atoms with E-state index >= 15 is 0 Å². The Bertz CT molecular complexity index is 728. The lowest BCUT2D eigenvalue weighted by atomic mass is 10.1. The van der Waals surface area contributed by atoms with E-state index in [4.69, 9.17) is 4.52 Å². The van der Waals surface area contributed by atoms with E-state index in [1.165, 1.54) is 0 Å². The maximum absolute atomic E-state index is 12.5. The molecule has 1 aliphatic rings. The molecule has 1 atom stereocenters. The van der Waals surface area contributed by atoms with Crippen molar-refractivity contribution in [3.8, 4) is 11.5 Å². The van der Waals surface area contributed by atoms with Crippen molar-refractivity contribution in [3.63, 3.8) is 0 Å². The van der Waals surface area contributed by atoms with Crippen LogP contribution in [0.2, 0.25) is 0 Å². The minimum absolute atomic E-state index is 0.0574. The van der Waals surface area contributed by atoms with Gasteiger partial charge in [0, 0.05) is 43.9 Å². The molecule has 0 spiro atoms. The first-order valence-corrected chi connectivity index (χ1v) is 9.28. The Morgan fingerprint density at radius 3 is 2.77 bits per heavy atom. The number of carbonyl (C=O) groups excluding carboxylic acids is 1. The number of nitrogens with one attached hydrogen (secondary N) is 1. The fourth-order valence-corrected chi connectivity index (χ4v) is 3.19. The number of piperazine rings is 1. The molecule has 26 heavy (non-hydrogen) atoms. The largest absolute Gasteiger partial charge is 0.339 e. The molecule has 1 aromatic carbocycles. The molecular formula is C19H27N5O2. The third-order valence-corrected chi connectivity index (χ3v) is 4.79. The van der Waals surface area contributed by atoms with Gasteiger partial charge in [0.05, 0.1) is 6.04 Å². The van der Waals surface area contributed by atoms with Crippen LogP contribution in [-0.2, 0) is 0 Å². The van der Waals surface area contributed by atoms with Gasteiger partial charge in [0.15, 0.2) is 5.82 Å². The summed E-state index contributed by atoms with van der Waals surface area (Å²) < 4.78 is 5.45. The summed E-state index contributed by atoms with van der Waals surface area (Å²) in [7, 11) is 2.07. The van der Waals surface area contributed by atoms with Gasteiger partial charge in [-0.15, -0.1) is 0 Å². The van der Waals surface area contributed by atoms with Crippen LogP contribution in [0.3, 0.4) is 0 Å². The monoisotopic (exact) mass is 357 g/mol. The molecule has 1 fully saturated rings. The Labute approximate surface area is 154 Å². The van der Waals surface area contributed by atoms with Crippen molar-refractivity contribution < 1.29 is 9.32 Å². The fraction of sp³-hybridized carbons (Fsp3) is 0.526. The van der Waals surface area contributed by atoms with Gasteiger partial charge in [-0.25, -0.2) is 0 Å². The van der Waals surface area contributed by atoms with Crippen LogP contribution in [0.4, 0.5) is 0 Å². The van der Waals surface area contributed by atoms with Crippen LogP contribution in [0.1, 0.15) is 42.5 Å². The summed E-state index contributed by atoms with van der Waals surface area (Å²) in [4.78, 5) is 21.2. The van der Waals surface area contributed by atoms with E-state index in [0.717, 1.165) is 38.2 Å². The number of hydrogen-bond acceptors (Lipinski definition) is 6. The molecular weight excluding hydrogens is 330 g/mol. The Kier molecular flexibility index (Phi) is 6.00. The molecule has 1 unspecified atom stereocenters. The van der Waals surface area contributed by atoms with Crippen molar-refractivity contribution in [3.05, 3.63) is 35.7 Å². The number of carbonyl (C=O) groups is 1. The first kappa shape index (κ1) is 18.5. The van der Waals surface area contributed by atoms with Crippen LogP contribution in [-0.4, -0.2) is 65.6 Å². The van der Waals surface area contributed by atoms with Gasteiger partial charge in [0.25, 0.3) is 11.8 Å². The number of hydrogen-bond donors (Lipinski definition) is 1. The van der Waals surface area contributed by atoms with Crippen molar-refractivity contribution in [2.75, 3.05) is 39.8 Å². The Hall–Kier alpha value is -2.25. The molecule has 7 heteroatoms. The molecule has 3 rings (SSSR count). The Balaban J connectivity index is 1.74. The number of benzene rings is 1. The van der Waals surface area contributed by atoms with E-state index in [1.807, 2.05) is 36.1 Å². The molecule has 0 saturated carbocycles. The molecule has 1 aromatic heterocycles. The topological polar surface area (TPSA) is 74.5 Å². The highest BCUT2D eigenvalue weighted by atomic mass is 16.5. The van der Waals surface area contributed by atoms with Crippen molar-refractivity contribution in [2.24, 2.45) is 0 Å². The zero-order valence-corrected chi connectivity index (χ0v) is 15.7. The van der Waals surface area contributed by atoms with E-state index < -0.39 is 0 Å². The van der Waals surface area contributed by atoms with E-state index in [9.17, 15) is 4.79 Å². The lowest BCUT2D eigenvalue weighted by molar-refractivity contribution is 0.0764. The van der Waals surface area contributed by atoms with Crippen molar-refractivity contribution in [2.45, 2.75) is 26.3 Å². The smallest absolute Gasteiger partial charge is 0.257 e. The zero-order chi connectivity index (χ0) is 18.5. The van der Waals surface area contributed by atoms with Crippen LogP contribution in [0.5, 0.6) is 0 Å². The second kappa shape index (κ2) is 8.42. The molecule has 7 nitrogen and oxygen atoms in total. The summed E-state index contributed by atoms with van der Waals surface area (Å²) in [5.74, 6) is 1.23. The van der Waals surface area contributed by atoms with Crippen LogP contribution in [0.15, 0.2) is 28.8 Å². The molecule has 0 aliphatic carbocycles. The zero-order valence-electron chi connectivity index (χ0n) is 15.7. The quantitative estimate of drug-likeness (QED) is 0.854. The Morgan fingerprint density at radius 2 is 2.12 bits per heavy atom. The van der Waals surface area contributed by atoms with Gasteiger partial charge in [-0.2, -0.15) is 4.98 Å². The van der Waals surface area contributed by atoms with E-state index in [2.05, 4.69) is 34.3 Å². The van der Waals surface area contributed by atoms with Crippen LogP contribution in [0, 0.1) is 0 Å². The third-order valence-electron chi connectivity index (χ3n) is 4.79. The molecule has 140 valence electrons. The van der Waals surface area contributed by atoms with Crippen LogP contribution in [0.25, 0.3) is 11.5 Å². The summed E-state index contributed by atoms with van der Waals surface area (Å²) >= 11 is 0. The van der Waals surface area contributed by atoms with E-state index in [-0.39, 0.29) is 11.9 Å². The highest BCUT2D eigenvalue weighted by Gasteiger charge is 2.25. The summed E-state index contributed by atoms with van der Waals surface area (Å²) in [6.45, 7) is 8.30. The first-order chi connectivity index (χ1) is 12.6. The Morgan fingerprint density at radius 1 is 1.35 bits per heavy atom.